The van der Waals surface area contributed by atoms with E-state index in [-0.39, 0.29) is 31.1 Å². The Morgan fingerprint density at radius 3 is 2.52 bits per heavy atom. The number of carbonyl (C=O) groups excluding carboxylic acids is 3. The molecule has 1 atom stereocenters. The smallest absolute Gasteiger partial charge is 0.325 e. The lowest BCUT2D eigenvalue weighted by molar-refractivity contribution is -0.141. The molecular weight excluding hydrogens is 322 g/mol. The molecule has 2 N–H and O–H groups in total. The molecule has 1 aromatic carbocycles. The number of hydrogen-bond acceptors (Lipinski definition) is 4. The van der Waals surface area contributed by atoms with Crippen LogP contribution in [0.1, 0.15) is 24.5 Å². The monoisotopic (exact) mass is 345 g/mol. The lowest BCUT2D eigenvalue weighted by Crippen LogP contribution is -2.46. The molecule has 1 aromatic rings. The quantitative estimate of drug-likeness (QED) is 0.766. The Morgan fingerprint density at radius 2 is 1.88 bits per heavy atom. The van der Waals surface area contributed by atoms with Crippen LogP contribution in [-0.4, -0.2) is 54.6 Å². The first-order chi connectivity index (χ1) is 12.1. The topological polar surface area (TPSA) is 87.7 Å². The van der Waals surface area contributed by atoms with Gasteiger partial charge in [0.25, 0.3) is 0 Å². The molecule has 1 aliphatic heterocycles. The molecule has 25 heavy (non-hydrogen) atoms. The van der Waals surface area contributed by atoms with Crippen LogP contribution >= 0.6 is 0 Å². The molecule has 2 aliphatic rings. The Bertz CT molecular complexity index is 651. The van der Waals surface area contributed by atoms with E-state index in [1.165, 1.54) is 11.1 Å². The molecule has 134 valence electrons. The van der Waals surface area contributed by atoms with Gasteiger partial charge in [-0.3, -0.25) is 9.59 Å². The number of esters is 1. The number of amides is 3. The van der Waals surface area contributed by atoms with E-state index in [1.807, 2.05) is 17.0 Å². The van der Waals surface area contributed by atoms with E-state index in [9.17, 15) is 14.4 Å². The van der Waals surface area contributed by atoms with Crippen molar-refractivity contribution in [2.24, 2.45) is 0 Å². The maximum Gasteiger partial charge on any atom is 0.325 e. The van der Waals surface area contributed by atoms with Gasteiger partial charge in [-0.25, -0.2) is 4.79 Å². The molecule has 7 nitrogen and oxygen atoms in total. The zero-order chi connectivity index (χ0) is 17.8. The molecule has 0 spiro atoms. The average Bonchev–Trinajstić information content (AvgIpc) is 3.16. The molecule has 3 rings (SSSR count). The second kappa shape index (κ2) is 7.55. The van der Waals surface area contributed by atoms with E-state index in [0.717, 1.165) is 12.8 Å². The summed E-state index contributed by atoms with van der Waals surface area (Å²) in [5.41, 5.74) is 2.59. The highest BCUT2D eigenvalue weighted by molar-refractivity contribution is 5.83. The summed E-state index contributed by atoms with van der Waals surface area (Å²) in [6.45, 7) is 2.31. The van der Waals surface area contributed by atoms with Gasteiger partial charge in [0.15, 0.2) is 0 Å². The molecule has 0 radical (unpaired) electrons. The van der Waals surface area contributed by atoms with Crippen LogP contribution in [0.2, 0.25) is 0 Å². The third kappa shape index (κ3) is 4.10. The number of carbonyl (C=O) groups is 3. The predicted octanol–water partition coefficient (Wildman–Crippen LogP) is 0.617. The fourth-order valence-electron chi connectivity index (χ4n) is 3.54. The van der Waals surface area contributed by atoms with Crippen molar-refractivity contribution in [1.29, 1.82) is 0 Å². The molecule has 1 heterocycles. The van der Waals surface area contributed by atoms with Crippen LogP contribution in [0.25, 0.3) is 0 Å². The molecule has 0 bridgehead atoms. The van der Waals surface area contributed by atoms with Crippen LogP contribution in [0.3, 0.4) is 0 Å². The van der Waals surface area contributed by atoms with Crippen LogP contribution in [0.5, 0.6) is 0 Å². The standard InChI is InChI=1S/C18H23N3O4/c1-2-25-17(23)10-19-18(24)20-14-9-16(22)21(11-14)15-7-12-5-3-4-6-13(12)8-15/h3-6,14-15H,2,7-11H2,1H3,(H2,19,20,24)/t14-/m0/s1. The first-order valence-electron chi connectivity index (χ1n) is 8.63. The van der Waals surface area contributed by atoms with E-state index in [4.69, 9.17) is 4.74 Å². The van der Waals surface area contributed by atoms with E-state index in [1.54, 1.807) is 6.92 Å². The molecule has 0 unspecified atom stereocenters. The largest absolute Gasteiger partial charge is 0.465 e. The number of hydrogen-bond donors (Lipinski definition) is 2. The number of nitrogens with one attached hydrogen (secondary N) is 2. The molecule has 1 aliphatic carbocycles. The summed E-state index contributed by atoms with van der Waals surface area (Å²) in [6, 6.07) is 7.72. The Morgan fingerprint density at radius 1 is 1.20 bits per heavy atom. The van der Waals surface area contributed by atoms with Gasteiger partial charge < -0.3 is 20.3 Å². The summed E-state index contributed by atoms with van der Waals surface area (Å²) in [5, 5.41) is 5.21. The summed E-state index contributed by atoms with van der Waals surface area (Å²) in [7, 11) is 0. The fraction of sp³-hybridized carbons (Fsp3) is 0.500. The van der Waals surface area contributed by atoms with Crippen molar-refractivity contribution in [3.05, 3.63) is 35.4 Å². The summed E-state index contributed by atoms with van der Waals surface area (Å²) in [5.74, 6) is -0.418. The first-order valence-corrected chi connectivity index (χ1v) is 8.63. The SMILES string of the molecule is CCOC(=O)CNC(=O)N[C@H]1CC(=O)N(C2Cc3ccccc3C2)C1. The van der Waals surface area contributed by atoms with Gasteiger partial charge in [0.05, 0.1) is 12.6 Å². The minimum Gasteiger partial charge on any atom is -0.465 e. The summed E-state index contributed by atoms with van der Waals surface area (Å²) in [6.07, 6.45) is 2.02. The van der Waals surface area contributed by atoms with Gasteiger partial charge in [0, 0.05) is 19.0 Å². The summed E-state index contributed by atoms with van der Waals surface area (Å²) in [4.78, 5) is 37.3. The molecular formula is C18H23N3O4. The fourth-order valence-corrected chi connectivity index (χ4v) is 3.54. The van der Waals surface area contributed by atoms with Crippen molar-refractivity contribution in [2.45, 2.75) is 38.3 Å². The Hall–Kier alpha value is -2.57. The van der Waals surface area contributed by atoms with Crippen molar-refractivity contribution in [2.75, 3.05) is 19.7 Å². The molecule has 0 saturated carbocycles. The first kappa shape index (κ1) is 17.3. The van der Waals surface area contributed by atoms with Gasteiger partial charge in [0.1, 0.15) is 6.54 Å². The highest BCUT2D eigenvalue weighted by atomic mass is 16.5. The van der Waals surface area contributed by atoms with Gasteiger partial charge in [-0.05, 0) is 30.9 Å². The molecule has 1 fully saturated rings. The van der Waals surface area contributed by atoms with E-state index in [2.05, 4.69) is 22.8 Å². The Labute approximate surface area is 146 Å². The van der Waals surface area contributed by atoms with Crippen molar-refractivity contribution < 1.29 is 19.1 Å². The van der Waals surface area contributed by atoms with Gasteiger partial charge in [0.2, 0.25) is 5.91 Å². The summed E-state index contributed by atoms with van der Waals surface area (Å²) >= 11 is 0. The van der Waals surface area contributed by atoms with E-state index in [0.29, 0.717) is 13.0 Å². The number of benzene rings is 1. The van der Waals surface area contributed by atoms with Crippen LogP contribution in [0.4, 0.5) is 4.79 Å². The zero-order valence-electron chi connectivity index (χ0n) is 14.3. The molecule has 3 amide bonds. The number of nitrogens with zero attached hydrogens (tertiary/aromatic N) is 1. The average molecular weight is 345 g/mol. The van der Waals surface area contributed by atoms with Gasteiger partial charge in [-0.1, -0.05) is 24.3 Å². The Kier molecular flexibility index (Phi) is 5.21. The second-order valence-corrected chi connectivity index (χ2v) is 6.41. The highest BCUT2D eigenvalue weighted by Gasteiger charge is 2.37. The van der Waals surface area contributed by atoms with Crippen molar-refractivity contribution >= 4 is 17.9 Å². The van der Waals surface area contributed by atoms with Crippen molar-refractivity contribution in [3.63, 3.8) is 0 Å². The van der Waals surface area contributed by atoms with Crippen LogP contribution in [0.15, 0.2) is 24.3 Å². The number of likely N-dealkylation sites (tertiary alicyclic amines) is 1. The maximum atomic E-state index is 12.3. The molecule has 7 heteroatoms. The number of rotatable bonds is 5. The minimum atomic E-state index is -0.481. The number of ether oxygens (including phenoxy) is 1. The van der Waals surface area contributed by atoms with E-state index < -0.39 is 12.0 Å². The zero-order valence-corrected chi connectivity index (χ0v) is 14.3. The van der Waals surface area contributed by atoms with Crippen molar-refractivity contribution in [1.82, 2.24) is 15.5 Å². The number of urea groups is 1. The second-order valence-electron chi connectivity index (χ2n) is 6.41. The lowest BCUT2D eigenvalue weighted by atomic mass is 10.1. The van der Waals surface area contributed by atoms with Gasteiger partial charge in [-0.15, -0.1) is 0 Å². The number of fused-ring (bicyclic) bond motifs is 1. The molecule has 1 saturated heterocycles. The third-order valence-electron chi connectivity index (χ3n) is 4.66. The highest BCUT2D eigenvalue weighted by Crippen LogP contribution is 2.28. The van der Waals surface area contributed by atoms with Crippen LogP contribution in [0, 0.1) is 0 Å². The molecule has 0 aromatic heterocycles. The minimum absolute atomic E-state index is 0.0634. The third-order valence-corrected chi connectivity index (χ3v) is 4.66. The Balaban J connectivity index is 1.48. The summed E-state index contributed by atoms with van der Waals surface area (Å²) < 4.78 is 4.75. The van der Waals surface area contributed by atoms with Gasteiger partial charge in [-0.2, -0.15) is 0 Å². The van der Waals surface area contributed by atoms with Gasteiger partial charge >= 0.3 is 12.0 Å². The lowest BCUT2D eigenvalue weighted by Gasteiger charge is -2.24. The van der Waals surface area contributed by atoms with Crippen LogP contribution in [-0.2, 0) is 27.2 Å². The predicted molar refractivity (Wildman–Crippen MR) is 90.9 cm³/mol. The van der Waals surface area contributed by atoms with E-state index >= 15 is 0 Å². The maximum absolute atomic E-state index is 12.3. The van der Waals surface area contributed by atoms with Crippen LogP contribution < -0.4 is 10.6 Å². The normalized spacial score (nSPS) is 19.6. The van der Waals surface area contributed by atoms with Crippen molar-refractivity contribution in [3.8, 4) is 0 Å².